The number of furan rings is 1. The number of fused-ring (bicyclic) bond motifs is 4. The van der Waals surface area contributed by atoms with Gasteiger partial charge in [0.1, 0.15) is 11.2 Å². The van der Waals surface area contributed by atoms with Crippen LogP contribution >= 0.6 is 0 Å². The van der Waals surface area contributed by atoms with Gasteiger partial charge in [-0.25, -0.2) is 0 Å². The van der Waals surface area contributed by atoms with Gasteiger partial charge >= 0.3 is 0 Å². The minimum atomic E-state index is 0.0626. The van der Waals surface area contributed by atoms with Gasteiger partial charge in [0.05, 0.1) is 0 Å². The molecule has 1 heterocycles. The SMILES string of the molecule is C/C=C1\C(=C/CC)C(C)(C)c2cc(CC3=CC=C(c4ccc5oc6ccccc6c5c4)CC3)ccc21. The summed E-state index contributed by atoms with van der Waals surface area (Å²) in [6.07, 6.45) is 13.7. The molecule has 2 aliphatic carbocycles. The molecule has 1 aromatic heterocycles. The van der Waals surface area contributed by atoms with E-state index >= 15 is 0 Å². The van der Waals surface area contributed by atoms with Gasteiger partial charge in [-0.1, -0.05) is 93.1 Å². The van der Waals surface area contributed by atoms with Crippen LogP contribution < -0.4 is 0 Å². The highest BCUT2D eigenvalue weighted by molar-refractivity contribution is 6.05. The molecule has 0 N–H and O–H groups in total. The third kappa shape index (κ3) is 3.69. The van der Waals surface area contributed by atoms with Gasteiger partial charge in [0.15, 0.2) is 0 Å². The second kappa shape index (κ2) is 8.82. The lowest BCUT2D eigenvalue weighted by Gasteiger charge is -2.23. The fourth-order valence-electron chi connectivity index (χ4n) is 6.22. The Bertz CT molecular complexity index is 1610. The zero-order valence-electron chi connectivity index (χ0n) is 21.8. The summed E-state index contributed by atoms with van der Waals surface area (Å²) in [5.41, 5.74) is 13.4. The lowest BCUT2D eigenvalue weighted by molar-refractivity contribution is 0.656. The van der Waals surface area contributed by atoms with E-state index < -0.39 is 0 Å². The average molecular weight is 471 g/mol. The Labute approximate surface area is 214 Å². The predicted octanol–water partition coefficient (Wildman–Crippen LogP) is 9.96. The molecule has 6 rings (SSSR count). The van der Waals surface area contributed by atoms with E-state index in [0.29, 0.717) is 0 Å². The molecule has 0 bridgehead atoms. The highest BCUT2D eigenvalue weighted by Crippen LogP contribution is 2.50. The van der Waals surface area contributed by atoms with Crippen molar-refractivity contribution in [1.82, 2.24) is 0 Å². The van der Waals surface area contributed by atoms with Crippen molar-refractivity contribution in [3.8, 4) is 0 Å². The molecule has 1 nitrogen and oxygen atoms in total. The van der Waals surface area contributed by atoms with Crippen LogP contribution in [0.25, 0.3) is 33.1 Å². The van der Waals surface area contributed by atoms with E-state index in [1.54, 1.807) is 0 Å². The maximum atomic E-state index is 6.02. The topological polar surface area (TPSA) is 13.1 Å². The van der Waals surface area contributed by atoms with Crippen molar-refractivity contribution in [1.29, 1.82) is 0 Å². The van der Waals surface area contributed by atoms with E-state index in [0.717, 1.165) is 36.8 Å². The second-order valence-corrected chi connectivity index (χ2v) is 10.7. The molecule has 0 fully saturated rings. The van der Waals surface area contributed by atoms with Gasteiger partial charge in [-0.05, 0) is 89.8 Å². The Kier molecular flexibility index (Phi) is 5.60. The molecule has 0 aliphatic heterocycles. The largest absolute Gasteiger partial charge is 0.456 e. The smallest absolute Gasteiger partial charge is 0.135 e. The lowest BCUT2D eigenvalue weighted by Crippen LogP contribution is -2.15. The van der Waals surface area contributed by atoms with Crippen molar-refractivity contribution in [3.05, 3.63) is 118 Å². The van der Waals surface area contributed by atoms with Crippen molar-refractivity contribution < 1.29 is 4.42 Å². The summed E-state index contributed by atoms with van der Waals surface area (Å²) >= 11 is 0. The second-order valence-electron chi connectivity index (χ2n) is 10.7. The third-order valence-corrected chi connectivity index (χ3v) is 8.12. The molecule has 3 aromatic carbocycles. The molecule has 1 heteroatoms. The van der Waals surface area contributed by atoms with Gasteiger partial charge in [0, 0.05) is 16.2 Å². The zero-order valence-corrected chi connectivity index (χ0v) is 21.8. The van der Waals surface area contributed by atoms with Crippen molar-refractivity contribution in [2.45, 2.75) is 58.8 Å². The summed E-state index contributed by atoms with van der Waals surface area (Å²) in [5.74, 6) is 0. The van der Waals surface area contributed by atoms with Crippen molar-refractivity contribution in [2.24, 2.45) is 0 Å². The third-order valence-electron chi connectivity index (χ3n) is 8.12. The molecule has 0 unspecified atom stereocenters. The first-order chi connectivity index (χ1) is 17.5. The van der Waals surface area contributed by atoms with Crippen LogP contribution in [-0.4, -0.2) is 0 Å². The normalized spacial score (nSPS) is 19.2. The predicted molar refractivity (Wildman–Crippen MR) is 154 cm³/mol. The molecule has 36 heavy (non-hydrogen) atoms. The molecule has 0 spiro atoms. The molecule has 0 atom stereocenters. The van der Waals surface area contributed by atoms with Crippen LogP contribution in [0.5, 0.6) is 0 Å². The molecule has 180 valence electrons. The number of allylic oxidation sites excluding steroid dienone is 8. The minimum absolute atomic E-state index is 0.0626. The Morgan fingerprint density at radius 3 is 2.50 bits per heavy atom. The first-order valence-corrected chi connectivity index (χ1v) is 13.3. The van der Waals surface area contributed by atoms with Crippen LogP contribution in [0.1, 0.15) is 69.2 Å². The Morgan fingerprint density at radius 2 is 1.72 bits per heavy atom. The molecule has 0 amide bonds. The minimum Gasteiger partial charge on any atom is -0.456 e. The number of hydrogen-bond donors (Lipinski definition) is 0. The van der Waals surface area contributed by atoms with E-state index in [1.807, 2.05) is 12.1 Å². The summed E-state index contributed by atoms with van der Waals surface area (Å²) in [6.45, 7) is 9.16. The zero-order chi connectivity index (χ0) is 24.9. The summed E-state index contributed by atoms with van der Waals surface area (Å²) in [6, 6.07) is 22.1. The van der Waals surface area contributed by atoms with Crippen LogP contribution in [-0.2, 0) is 11.8 Å². The van der Waals surface area contributed by atoms with E-state index in [2.05, 4.69) is 101 Å². The number of rotatable bonds is 4. The fraction of sp³-hybridized carbons (Fsp3) is 0.257. The van der Waals surface area contributed by atoms with E-state index in [-0.39, 0.29) is 5.41 Å². The van der Waals surface area contributed by atoms with E-state index in [9.17, 15) is 0 Å². The van der Waals surface area contributed by atoms with E-state index in [4.69, 9.17) is 4.42 Å². The molecule has 0 saturated carbocycles. The molecule has 2 aliphatic rings. The quantitative estimate of drug-likeness (QED) is 0.289. The van der Waals surface area contributed by atoms with Crippen LogP contribution in [0.3, 0.4) is 0 Å². The molecule has 4 aromatic rings. The molecular formula is C35H34O. The van der Waals surface area contributed by atoms with E-state index in [1.165, 1.54) is 55.3 Å². The van der Waals surface area contributed by atoms with Crippen LogP contribution in [0.15, 0.2) is 101 Å². The van der Waals surface area contributed by atoms with Crippen molar-refractivity contribution in [2.75, 3.05) is 0 Å². The number of hydrogen-bond acceptors (Lipinski definition) is 1. The Hall–Kier alpha value is -3.58. The van der Waals surface area contributed by atoms with Gasteiger partial charge in [-0.3, -0.25) is 0 Å². The molecular weight excluding hydrogens is 436 g/mol. The van der Waals surface area contributed by atoms with Crippen molar-refractivity contribution >= 4 is 33.1 Å². The van der Waals surface area contributed by atoms with Crippen LogP contribution in [0.2, 0.25) is 0 Å². The first-order valence-electron chi connectivity index (χ1n) is 13.3. The first kappa shape index (κ1) is 22.9. The highest BCUT2D eigenvalue weighted by atomic mass is 16.3. The van der Waals surface area contributed by atoms with Gasteiger partial charge in [-0.2, -0.15) is 0 Å². The average Bonchev–Trinajstić information content (AvgIpc) is 3.36. The van der Waals surface area contributed by atoms with Gasteiger partial charge in [0.2, 0.25) is 0 Å². The number of para-hydroxylation sites is 1. The standard InChI is InChI=1S/C35H34O/c1-5-9-31-27(6-2)28-18-14-24(21-32(28)35(31,3)4)20-23-12-15-25(16-13-23)26-17-19-34-30(22-26)29-10-7-8-11-33(29)36-34/h6-12,14-15,17-19,21-22H,5,13,16,20H2,1-4H3/b27-6-,31-9+. The van der Waals surface area contributed by atoms with Gasteiger partial charge in [0.25, 0.3) is 0 Å². The fourth-order valence-corrected chi connectivity index (χ4v) is 6.22. The summed E-state index contributed by atoms with van der Waals surface area (Å²) < 4.78 is 6.02. The maximum absolute atomic E-state index is 6.02. The number of benzene rings is 3. The molecule has 0 saturated heterocycles. The molecule has 0 radical (unpaired) electrons. The van der Waals surface area contributed by atoms with Gasteiger partial charge in [-0.15, -0.1) is 0 Å². The maximum Gasteiger partial charge on any atom is 0.135 e. The van der Waals surface area contributed by atoms with Crippen LogP contribution in [0, 0.1) is 0 Å². The summed E-state index contributed by atoms with van der Waals surface area (Å²) in [5, 5.41) is 2.40. The Morgan fingerprint density at radius 1 is 0.889 bits per heavy atom. The van der Waals surface area contributed by atoms with Crippen LogP contribution in [0.4, 0.5) is 0 Å². The monoisotopic (exact) mass is 470 g/mol. The van der Waals surface area contributed by atoms with Gasteiger partial charge < -0.3 is 4.42 Å². The lowest BCUT2D eigenvalue weighted by atomic mass is 9.81. The highest BCUT2D eigenvalue weighted by Gasteiger charge is 2.37. The van der Waals surface area contributed by atoms with Crippen molar-refractivity contribution in [3.63, 3.8) is 0 Å². The summed E-state index contributed by atoms with van der Waals surface area (Å²) in [4.78, 5) is 0. The summed E-state index contributed by atoms with van der Waals surface area (Å²) in [7, 11) is 0. The Balaban J connectivity index is 1.27.